The molecule has 0 spiro atoms. The highest BCUT2D eigenvalue weighted by Crippen LogP contribution is 2.34. The molecule has 0 fully saturated rings. The summed E-state index contributed by atoms with van der Waals surface area (Å²) in [5.74, 6) is 1.18. The largest absolute Gasteiger partial charge is 0.508 e. The number of phenols is 2. The Labute approximate surface area is 206 Å². The van der Waals surface area contributed by atoms with Gasteiger partial charge >= 0.3 is 0 Å². The number of hydrazine groups is 1. The van der Waals surface area contributed by atoms with E-state index in [1.54, 1.807) is 65.7 Å². The van der Waals surface area contributed by atoms with Crippen LogP contribution < -0.4 is 21.0 Å². The van der Waals surface area contributed by atoms with Gasteiger partial charge in [-0.15, -0.1) is 0 Å². The topological polar surface area (TPSA) is 116 Å². The molecule has 0 aliphatic carbocycles. The Morgan fingerprint density at radius 3 is 1.97 bits per heavy atom. The van der Waals surface area contributed by atoms with Crippen molar-refractivity contribution in [2.75, 3.05) is 16.5 Å². The summed E-state index contributed by atoms with van der Waals surface area (Å²) in [5.41, 5.74) is 1.52. The van der Waals surface area contributed by atoms with E-state index in [-0.39, 0.29) is 22.6 Å². The Morgan fingerprint density at radius 2 is 1.31 bits per heavy atom. The lowest BCUT2D eigenvalue weighted by Gasteiger charge is -2.39. The number of aromatic nitrogens is 2. The molecule has 0 saturated heterocycles. The van der Waals surface area contributed by atoms with Crippen LogP contribution in [0.2, 0.25) is 0 Å². The normalized spacial score (nSPS) is 12.8. The first-order valence-corrected chi connectivity index (χ1v) is 11.2. The fourth-order valence-corrected chi connectivity index (χ4v) is 4.08. The number of rotatable bonds is 6. The zero-order valence-electron chi connectivity index (χ0n) is 19.1. The van der Waals surface area contributed by atoms with Gasteiger partial charge in [-0.2, -0.15) is 0 Å². The number of nitrogens with one attached hydrogen (secondary N) is 2. The van der Waals surface area contributed by atoms with Crippen LogP contribution in [-0.2, 0) is 0 Å². The number of anilines is 4. The fourth-order valence-electron chi connectivity index (χ4n) is 4.08. The molecule has 9 heteroatoms. The minimum atomic E-state index is -0.266. The summed E-state index contributed by atoms with van der Waals surface area (Å²) >= 11 is 0. The Bertz CT molecular complexity index is 1570. The minimum absolute atomic E-state index is 0.0794. The molecule has 4 aromatic rings. The van der Waals surface area contributed by atoms with Gasteiger partial charge in [-0.05, 0) is 48.6 Å². The molecule has 5 rings (SSSR count). The third-order valence-electron chi connectivity index (χ3n) is 5.55. The Morgan fingerprint density at radius 1 is 0.722 bits per heavy atom. The van der Waals surface area contributed by atoms with Crippen molar-refractivity contribution in [1.29, 1.82) is 0 Å². The van der Waals surface area contributed by atoms with E-state index in [2.05, 4.69) is 9.97 Å². The monoisotopic (exact) mass is 481 g/mol. The van der Waals surface area contributed by atoms with E-state index in [9.17, 15) is 19.8 Å². The number of hydrogen-bond donors (Lipinski definition) is 4. The van der Waals surface area contributed by atoms with E-state index >= 15 is 0 Å². The van der Waals surface area contributed by atoms with E-state index in [0.717, 1.165) is 5.70 Å². The van der Waals surface area contributed by atoms with Crippen LogP contribution in [-0.4, -0.2) is 31.7 Å². The summed E-state index contributed by atoms with van der Waals surface area (Å²) < 4.78 is 0. The van der Waals surface area contributed by atoms with Crippen molar-refractivity contribution in [3.8, 4) is 11.5 Å². The maximum absolute atomic E-state index is 12.1. The summed E-state index contributed by atoms with van der Waals surface area (Å²) in [4.78, 5) is 31.8. The van der Waals surface area contributed by atoms with Gasteiger partial charge in [0.2, 0.25) is 11.1 Å². The third-order valence-corrected chi connectivity index (χ3v) is 5.55. The number of benzene rings is 2. The Balaban J connectivity index is 1.59. The molecule has 0 amide bonds. The molecule has 0 unspecified atom stereocenters. The van der Waals surface area contributed by atoms with Gasteiger partial charge in [0, 0.05) is 36.2 Å². The molecule has 0 atom stereocenters. The molecule has 0 bridgehead atoms. The first-order chi connectivity index (χ1) is 17.5. The first-order valence-electron chi connectivity index (χ1n) is 11.2. The third kappa shape index (κ3) is 4.71. The van der Waals surface area contributed by atoms with E-state index in [1.165, 1.54) is 12.1 Å². The number of H-pyrrole nitrogens is 2. The van der Waals surface area contributed by atoms with E-state index < -0.39 is 0 Å². The van der Waals surface area contributed by atoms with E-state index in [0.29, 0.717) is 29.6 Å². The van der Waals surface area contributed by atoms with Crippen molar-refractivity contribution in [3.05, 3.63) is 130 Å². The van der Waals surface area contributed by atoms with Crippen molar-refractivity contribution in [2.45, 2.75) is 0 Å². The molecule has 9 nitrogen and oxygen atoms in total. The number of allylic oxidation sites excluding steroid dienone is 2. The molecule has 0 radical (unpaired) electrons. The summed E-state index contributed by atoms with van der Waals surface area (Å²) in [5, 5.41) is 23.9. The maximum atomic E-state index is 12.1. The lowest BCUT2D eigenvalue weighted by Crippen LogP contribution is -2.41. The average molecular weight is 482 g/mol. The summed E-state index contributed by atoms with van der Waals surface area (Å²) in [6.07, 6.45) is 5.58. The number of aromatic amines is 2. The molecule has 180 valence electrons. The van der Waals surface area contributed by atoms with Crippen LogP contribution in [0.3, 0.4) is 0 Å². The van der Waals surface area contributed by atoms with E-state index in [4.69, 9.17) is 0 Å². The van der Waals surface area contributed by atoms with Crippen LogP contribution in [0, 0.1) is 0 Å². The predicted molar refractivity (Wildman–Crippen MR) is 139 cm³/mol. The number of pyridine rings is 2. The summed E-state index contributed by atoms with van der Waals surface area (Å²) in [7, 11) is 0. The molecule has 1 aliphatic heterocycles. The first kappa shape index (κ1) is 22.6. The van der Waals surface area contributed by atoms with Gasteiger partial charge < -0.3 is 20.2 Å². The van der Waals surface area contributed by atoms with Crippen molar-refractivity contribution < 1.29 is 10.2 Å². The van der Waals surface area contributed by atoms with Crippen LogP contribution in [0.1, 0.15) is 0 Å². The smallest absolute Gasteiger partial charge is 0.249 e. The summed E-state index contributed by atoms with van der Waals surface area (Å²) in [6.45, 7) is 0.315. The second-order valence-electron chi connectivity index (χ2n) is 8.08. The molecule has 1 aliphatic rings. The van der Waals surface area contributed by atoms with Crippen molar-refractivity contribution in [3.63, 3.8) is 0 Å². The predicted octanol–water partition coefficient (Wildman–Crippen LogP) is 4.08. The lowest BCUT2D eigenvalue weighted by molar-refractivity contribution is 0.403. The quantitative estimate of drug-likeness (QED) is 0.328. The zero-order valence-corrected chi connectivity index (χ0v) is 19.1. The molecule has 2 aromatic heterocycles. The molecule has 2 aromatic carbocycles. The number of phenolic OH excluding ortho intramolecular Hbond substituents is 2. The van der Waals surface area contributed by atoms with Crippen LogP contribution >= 0.6 is 0 Å². The highest BCUT2D eigenvalue weighted by atomic mass is 16.3. The van der Waals surface area contributed by atoms with E-state index in [1.807, 2.05) is 40.4 Å². The van der Waals surface area contributed by atoms with Crippen molar-refractivity contribution in [1.82, 2.24) is 15.0 Å². The van der Waals surface area contributed by atoms with Gasteiger partial charge in [0.05, 0.1) is 17.9 Å². The SMILES string of the molecule is O=c1cccc(N(C2=CC=CN(N(c3cccc(O)c3)c3cccc(=O)[nH]3)C2)c2cccc(O)c2)[nH]1. The van der Waals surface area contributed by atoms with Crippen LogP contribution in [0.5, 0.6) is 11.5 Å². The van der Waals surface area contributed by atoms with Gasteiger partial charge in [0.15, 0.2) is 0 Å². The second-order valence-corrected chi connectivity index (χ2v) is 8.08. The second kappa shape index (κ2) is 9.59. The standard InChI is InChI=1S/C27H23N5O4/c33-22-9-1-6-19(16-22)31(24-11-3-13-26(35)28-24)21-8-5-15-30(18-21)32(20-7-2-10-23(34)17-20)25-12-4-14-27(36)29-25/h1-17,33-34H,18H2,(H,28,35)(H,29,36). The zero-order chi connectivity index (χ0) is 25.1. The van der Waals surface area contributed by atoms with Crippen molar-refractivity contribution >= 4 is 23.0 Å². The number of hydrogen-bond acceptors (Lipinski definition) is 7. The fraction of sp³-hybridized carbons (Fsp3) is 0.0370. The Hall–Kier alpha value is -5.18. The van der Waals surface area contributed by atoms with Crippen LogP contribution in [0.4, 0.5) is 23.0 Å². The van der Waals surface area contributed by atoms with Crippen molar-refractivity contribution in [2.24, 2.45) is 0 Å². The maximum Gasteiger partial charge on any atom is 0.249 e. The molecule has 0 saturated carbocycles. The van der Waals surface area contributed by atoms with Gasteiger partial charge in [0.25, 0.3) is 0 Å². The molecule has 3 heterocycles. The molecule has 36 heavy (non-hydrogen) atoms. The minimum Gasteiger partial charge on any atom is -0.508 e. The Kier molecular flexibility index (Phi) is 6.02. The van der Waals surface area contributed by atoms with Crippen LogP contribution in [0.15, 0.2) is 119 Å². The number of aromatic hydroxyl groups is 2. The highest BCUT2D eigenvalue weighted by molar-refractivity contribution is 5.68. The number of nitrogens with zero attached hydrogens (tertiary/aromatic N) is 3. The molecular formula is C27H23N5O4. The lowest BCUT2D eigenvalue weighted by atomic mass is 10.2. The van der Waals surface area contributed by atoms with Gasteiger partial charge in [-0.3, -0.25) is 19.5 Å². The van der Waals surface area contributed by atoms with Gasteiger partial charge in [-0.1, -0.05) is 24.3 Å². The van der Waals surface area contributed by atoms with Gasteiger partial charge in [-0.25, -0.2) is 5.01 Å². The van der Waals surface area contributed by atoms with Gasteiger partial charge in [0.1, 0.15) is 23.1 Å². The highest BCUT2D eigenvalue weighted by Gasteiger charge is 2.24. The summed E-state index contributed by atoms with van der Waals surface area (Å²) in [6, 6.07) is 23.2. The van der Waals surface area contributed by atoms with Crippen LogP contribution in [0.25, 0.3) is 0 Å². The average Bonchev–Trinajstić information content (AvgIpc) is 2.85. The molecular weight excluding hydrogens is 458 g/mol. The molecule has 4 N–H and O–H groups in total.